The number of hydrogen-bond donors (Lipinski definition) is 2. The molecule has 6 rings (SSSR count). The molecule has 4 aromatic rings. The molecule has 5 heterocycles. The molecule has 0 amide bonds. The fraction of sp³-hybridized carbons (Fsp3) is 0.360. The molecule has 1 saturated heterocycles. The minimum atomic E-state index is -0.751. The highest BCUT2D eigenvalue weighted by Gasteiger charge is 2.44. The zero-order chi connectivity index (χ0) is 24.0. The lowest BCUT2D eigenvalue weighted by atomic mass is 9.90. The number of pyridine rings is 1. The predicted molar refractivity (Wildman–Crippen MR) is 129 cm³/mol. The van der Waals surface area contributed by atoms with Crippen molar-refractivity contribution in [3.63, 3.8) is 0 Å². The summed E-state index contributed by atoms with van der Waals surface area (Å²) in [4.78, 5) is 24.6. The van der Waals surface area contributed by atoms with Crippen LogP contribution >= 0.6 is 0 Å². The average Bonchev–Trinajstić information content (AvgIpc) is 3.23. The fourth-order valence-electron chi connectivity index (χ4n) is 4.78. The van der Waals surface area contributed by atoms with E-state index < -0.39 is 5.54 Å². The minimum absolute atomic E-state index is 0.0549. The Kier molecular flexibility index (Phi) is 4.99. The molecule has 1 saturated carbocycles. The predicted octanol–water partition coefficient (Wildman–Crippen LogP) is 3.51. The lowest BCUT2D eigenvalue weighted by molar-refractivity contribution is -0.122. The van der Waals surface area contributed by atoms with Gasteiger partial charge in [0.25, 0.3) is 0 Å². The van der Waals surface area contributed by atoms with Gasteiger partial charge in [0, 0.05) is 42.3 Å². The van der Waals surface area contributed by atoms with Gasteiger partial charge in [0.05, 0.1) is 17.5 Å². The molecule has 2 fully saturated rings. The van der Waals surface area contributed by atoms with Crippen molar-refractivity contribution in [2.45, 2.75) is 50.5 Å². The summed E-state index contributed by atoms with van der Waals surface area (Å²) in [7, 11) is 0. The van der Waals surface area contributed by atoms with E-state index >= 15 is 0 Å². The van der Waals surface area contributed by atoms with Crippen LogP contribution in [0.5, 0.6) is 0 Å². The van der Waals surface area contributed by atoms with Crippen molar-refractivity contribution in [3.05, 3.63) is 59.7 Å². The van der Waals surface area contributed by atoms with Gasteiger partial charge in [-0.25, -0.2) is 4.52 Å². The van der Waals surface area contributed by atoms with Gasteiger partial charge in [0.1, 0.15) is 11.6 Å². The van der Waals surface area contributed by atoms with E-state index in [9.17, 15) is 4.79 Å². The molecule has 4 aromatic heterocycles. The Morgan fingerprint density at radius 3 is 3.00 bits per heavy atom. The van der Waals surface area contributed by atoms with Crippen LogP contribution in [-0.4, -0.2) is 47.6 Å². The topological polar surface area (TPSA) is 128 Å². The lowest BCUT2D eigenvalue weighted by Gasteiger charge is -2.34. The molecule has 176 valence electrons. The zero-order valence-corrected chi connectivity index (χ0v) is 19.4. The Hall–Kier alpha value is -4.26. The second-order valence-corrected chi connectivity index (χ2v) is 9.49. The third-order valence-electron chi connectivity index (χ3n) is 7.02. The van der Waals surface area contributed by atoms with Gasteiger partial charge in [0.2, 0.25) is 5.95 Å². The van der Waals surface area contributed by atoms with Gasteiger partial charge in [-0.2, -0.15) is 15.3 Å². The highest BCUT2D eigenvalue weighted by Crippen LogP contribution is 2.40. The number of H-pyrrole nitrogens is 1. The van der Waals surface area contributed by atoms with Gasteiger partial charge in [0.15, 0.2) is 17.4 Å². The molecular weight excluding hydrogens is 442 g/mol. The second kappa shape index (κ2) is 8.20. The van der Waals surface area contributed by atoms with Crippen molar-refractivity contribution in [3.8, 4) is 6.07 Å². The summed E-state index contributed by atoms with van der Waals surface area (Å²) < 4.78 is 1.78. The first kappa shape index (κ1) is 21.3. The molecule has 0 spiro atoms. The van der Waals surface area contributed by atoms with Crippen molar-refractivity contribution in [1.29, 1.82) is 5.26 Å². The van der Waals surface area contributed by atoms with Gasteiger partial charge >= 0.3 is 0 Å². The van der Waals surface area contributed by atoms with Crippen LogP contribution in [0.2, 0.25) is 0 Å². The Labute approximate surface area is 202 Å². The smallest absolute Gasteiger partial charge is 0.246 e. The van der Waals surface area contributed by atoms with Gasteiger partial charge < -0.3 is 10.2 Å². The van der Waals surface area contributed by atoms with Crippen LogP contribution in [0.15, 0.2) is 42.7 Å². The third kappa shape index (κ3) is 3.89. The minimum Gasteiger partial charge on any atom is -0.327 e. The van der Waals surface area contributed by atoms with Gasteiger partial charge in [-0.15, -0.1) is 5.10 Å². The zero-order valence-electron chi connectivity index (χ0n) is 19.4. The molecule has 2 aliphatic rings. The number of nitrogens with zero attached hydrogens (tertiary/aromatic N) is 7. The van der Waals surface area contributed by atoms with E-state index in [1.165, 1.54) is 19.0 Å². The maximum atomic E-state index is 13.5. The van der Waals surface area contributed by atoms with Crippen LogP contribution < -0.4 is 10.2 Å². The van der Waals surface area contributed by atoms with E-state index in [0.29, 0.717) is 47.7 Å². The number of carbonyl (C=O) groups excluding carboxylic acids is 1. The number of ketones is 1. The van der Waals surface area contributed by atoms with Crippen molar-refractivity contribution in [2.24, 2.45) is 0 Å². The number of anilines is 3. The summed E-state index contributed by atoms with van der Waals surface area (Å²) in [5.74, 6) is 2.49. The summed E-state index contributed by atoms with van der Waals surface area (Å²) in [5.41, 5.74) is 2.35. The first-order valence-electron chi connectivity index (χ1n) is 11.9. The summed E-state index contributed by atoms with van der Waals surface area (Å²) in [6.45, 7) is 2.64. The Morgan fingerprint density at radius 1 is 1.34 bits per heavy atom. The molecular formula is C25H25N9O. The van der Waals surface area contributed by atoms with Gasteiger partial charge in [-0.3, -0.25) is 14.9 Å². The number of aromatic nitrogens is 6. The van der Waals surface area contributed by atoms with Crippen LogP contribution in [0.3, 0.4) is 0 Å². The molecule has 2 N–H and O–H groups in total. The molecule has 0 unspecified atom stereocenters. The van der Waals surface area contributed by atoms with E-state index in [1.54, 1.807) is 16.6 Å². The Balaban J connectivity index is 1.29. The number of nitrogens with one attached hydrogen (secondary N) is 2. The molecule has 0 bridgehead atoms. The molecule has 0 aromatic carbocycles. The van der Waals surface area contributed by atoms with E-state index in [1.807, 2.05) is 36.2 Å². The van der Waals surface area contributed by atoms with E-state index in [0.717, 1.165) is 17.6 Å². The Bertz CT molecular complexity index is 1440. The second-order valence-electron chi connectivity index (χ2n) is 9.49. The SMILES string of the molecule is C[C@@]1(C(=O)Cc2ccc(C#N)cn2)CCCN1c1nc(Nc2cc(C3CC3)[nH]n2)c2cccn2n1. The lowest BCUT2D eigenvalue weighted by Crippen LogP contribution is -2.50. The Morgan fingerprint density at radius 2 is 2.23 bits per heavy atom. The summed E-state index contributed by atoms with van der Waals surface area (Å²) in [6, 6.07) is 11.4. The molecule has 10 heteroatoms. The summed E-state index contributed by atoms with van der Waals surface area (Å²) >= 11 is 0. The van der Waals surface area contributed by atoms with E-state index in [2.05, 4.69) is 26.6 Å². The summed E-state index contributed by atoms with van der Waals surface area (Å²) in [6.07, 6.45) is 7.53. The van der Waals surface area contributed by atoms with Crippen LogP contribution in [0, 0.1) is 11.3 Å². The monoisotopic (exact) mass is 467 g/mol. The summed E-state index contributed by atoms with van der Waals surface area (Å²) in [5, 5.41) is 24.6. The number of Topliss-reactive ketones (excluding diaryl/α,β-unsaturated/α-hetero) is 1. The number of hydrogen-bond acceptors (Lipinski definition) is 8. The van der Waals surface area contributed by atoms with Crippen molar-refractivity contribution in [1.82, 2.24) is 29.8 Å². The number of carbonyl (C=O) groups is 1. The highest BCUT2D eigenvalue weighted by atomic mass is 16.1. The van der Waals surface area contributed by atoms with Crippen LogP contribution in [0.1, 0.15) is 55.5 Å². The van der Waals surface area contributed by atoms with Gasteiger partial charge in [-0.1, -0.05) is 0 Å². The van der Waals surface area contributed by atoms with Crippen LogP contribution in [0.4, 0.5) is 17.6 Å². The number of rotatable bonds is 7. The third-order valence-corrected chi connectivity index (χ3v) is 7.02. The number of fused-ring (bicyclic) bond motifs is 1. The van der Waals surface area contributed by atoms with Crippen molar-refractivity contribution in [2.75, 3.05) is 16.8 Å². The average molecular weight is 468 g/mol. The van der Waals surface area contributed by atoms with Crippen molar-refractivity contribution >= 4 is 28.9 Å². The maximum Gasteiger partial charge on any atom is 0.246 e. The van der Waals surface area contributed by atoms with Crippen molar-refractivity contribution < 1.29 is 4.79 Å². The first-order chi connectivity index (χ1) is 17.0. The first-order valence-corrected chi connectivity index (χ1v) is 11.9. The van der Waals surface area contributed by atoms with Crippen LogP contribution in [-0.2, 0) is 11.2 Å². The largest absolute Gasteiger partial charge is 0.327 e. The number of nitriles is 1. The fourth-order valence-corrected chi connectivity index (χ4v) is 4.78. The maximum absolute atomic E-state index is 13.5. The molecule has 0 radical (unpaired) electrons. The van der Waals surface area contributed by atoms with E-state index in [-0.39, 0.29) is 12.2 Å². The molecule has 1 atom stereocenters. The number of aromatic amines is 1. The molecule has 1 aliphatic heterocycles. The molecule has 35 heavy (non-hydrogen) atoms. The molecule has 10 nitrogen and oxygen atoms in total. The normalized spacial score (nSPS) is 19.7. The highest BCUT2D eigenvalue weighted by molar-refractivity contribution is 5.93. The standard InChI is InChI=1S/C25H25N9O/c1-25(21(35)12-18-8-5-16(14-26)15-27-18)9-3-10-33(25)24-29-23(20-4-2-11-34(20)32-24)28-22-13-19(30-31-22)17-6-7-17/h2,4-5,8,11,13,15,17H,3,6-7,9-10,12H2,1H3,(H2,28,29,30,31,32)/t25-/m0/s1. The van der Waals surface area contributed by atoms with Crippen LogP contribution in [0.25, 0.3) is 5.52 Å². The molecule has 1 aliphatic carbocycles. The van der Waals surface area contributed by atoms with Gasteiger partial charge in [-0.05, 0) is 56.9 Å². The van der Waals surface area contributed by atoms with E-state index in [4.69, 9.17) is 15.3 Å². The quantitative estimate of drug-likeness (QED) is 0.423.